The molecule has 132 valence electrons. The Kier molecular flexibility index (Phi) is 4.71. The molecule has 0 bridgehead atoms. The molecule has 3 aromatic heterocycles. The van der Waals surface area contributed by atoms with Gasteiger partial charge in [-0.15, -0.1) is 0 Å². The van der Waals surface area contributed by atoms with Crippen molar-refractivity contribution < 1.29 is 19.1 Å². The van der Waals surface area contributed by atoms with Gasteiger partial charge in [0.15, 0.2) is 5.65 Å². The van der Waals surface area contributed by atoms with Crippen molar-refractivity contribution in [3.05, 3.63) is 41.6 Å². The maximum atomic E-state index is 12.3. The Morgan fingerprint density at radius 1 is 1.52 bits per heavy atom. The zero-order chi connectivity index (χ0) is 18.0. The van der Waals surface area contributed by atoms with Gasteiger partial charge in [-0.05, 0) is 26.0 Å². The van der Waals surface area contributed by atoms with Gasteiger partial charge in [0.2, 0.25) is 0 Å². The summed E-state index contributed by atoms with van der Waals surface area (Å²) in [5, 5.41) is 18.5. The lowest BCUT2D eigenvalue weighted by Crippen LogP contribution is -2.16. The predicted octanol–water partition coefficient (Wildman–Crippen LogP) is 2.19. The van der Waals surface area contributed by atoms with Crippen LogP contribution >= 0.6 is 0 Å². The fraction of sp³-hybridized carbons (Fsp3) is 0.353. The number of nitrogens with zero attached hydrogens (tertiary/aromatic N) is 3. The molecule has 8 nitrogen and oxygen atoms in total. The van der Waals surface area contributed by atoms with Crippen molar-refractivity contribution >= 4 is 22.7 Å². The third kappa shape index (κ3) is 3.20. The van der Waals surface area contributed by atoms with Gasteiger partial charge in [-0.1, -0.05) is 0 Å². The van der Waals surface area contributed by atoms with E-state index in [1.54, 1.807) is 30.8 Å². The molecule has 0 aliphatic carbocycles. The van der Waals surface area contributed by atoms with Crippen molar-refractivity contribution in [1.29, 1.82) is 0 Å². The van der Waals surface area contributed by atoms with E-state index < -0.39 is 12.1 Å². The number of aryl methyl sites for hydroxylation is 2. The van der Waals surface area contributed by atoms with Crippen LogP contribution in [0.15, 0.2) is 29.0 Å². The average molecular weight is 344 g/mol. The summed E-state index contributed by atoms with van der Waals surface area (Å²) in [7, 11) is 1.79. The smallest absolute Gasteiger partial charge is 0.341 e. The zero-order valence-corrected chi connectivity index (χ0v) is 14.3. The van der Waals surface area contributed by atoms with Crippen molar-refractivity contribution in [1.82, 2.24) is 14.8 Å². The SMILES string of the molecule is CCOC(=O)c1cnc2c(c(C)nn2C)c1NCC(O)c1ccco1. The van der Waals surface area contributed by atoms with Crippen molar-refractivity contribution in [3.63, 3.8) is 0 Å². The average Bonchev–Trinajstić information content (AvgIpc) is 3.21. The lowest BCUT2D eigenvalue weighted by molar-refractivity contribution is 0.0527. The second kappa shape index (κ2) is 6.94. The summed E-state index contributed by atoms with van der Waals surface area (Å²) in [6.45, 7) is 4.00. The molecule has 0 saturated carbocycles. The molecule has 0 amide bonds. The van der Waals surface area contributed by atoms with Gasteiger partial charge in [-0.2, -0.15) is 5.10 Å². The first-order chi connectivity index (χ1) is 12.0. The highest BCUT2D eigenvalue weighted by Gasteiger charge is 2.21. The van der Waals surface area contributed by atoms with Gasteiger partial charge in [0.05, 0.1) is 29.6 Å². The molecule has 1 atom stereocenters. The lowest BCUT2D eigenvalue weighted by Gasteiger charge is -2.15. The number of aromatic nitrogens is 3. The van der Waals surface area contributed by atoms with Crippen LogP contribution < -0.4 is 5.32 Å². The topological polar surface area (TPSA) is 102 Å². The molecule has 0 spiro atoms. The first-order valence-corrected chi connectivity index (χ1v) is 7.97. The molecule has 8 heteroatoms. The molecule has 3 heterocycles. The molecule has 0 fully saturated rings. The number of fused-ring (bicyclic) bond motifs is 1. The molecular formula is C17H20N4O4. The molecule has 2 N–H and O–H groups in total. The summed E-state index contributed by atoms with van der Waals surface area (Å²) < 4.78 is 12.0. The number of aliphatic hydroxyl groups excluding tert-OH is 1. The van der Waals surface area contributed by atoms with Crippen molar-refractivity contribution in [2.24, 2.45) is 7.05 Å². The van der Waals surface area contributed by atoms with Gasteiger partial charge in [0.1, 0.15) is 17.4 Å². The Morgan fingerprint density at radius 2 is 2.32 bits per heavy atom. The van der Waals surface area contributed by atoms with E-state index in [9.17, 15) is 9.90 Å². The highest BCUT2D eigenvalue weighted by atomic mass is 16.5. The van der Waals surface area contributed by atoms with Gasteiger partial charge < -0.3 is 19.6 Å². The molecule has 3 rings (SSSR count). The van der Waals surface area contributed by atoms with Crippen LogP contribution in [0.5, 0.6) is 0 Å². The molecule has 0 aromatic carbocycles. The van der Waals surface area contributed by atoms with Crippen LogP contribution in [0, 0.1) is 6.92 Å². The summed E-state index contributed by atoms with van der Waals surface area (Å²) in [5.41, 5.74) is 2.21. The number of hydrogen-bond acceptors (Lipinski definition) is 7. The Hall–Kier alpha value is -2.87. The number of aliphatic hydroxyl groups is 1. The molecule has 0 saturated heterocycles. The first kappa shape index (κ1) is 17.0. The van der Waals surface area contributed by atoms with Crippen LogP contribution in [0.4, 0.5) is 5.69 Å². The minimum absolute atomic E-state index is 0.160. The van der Waals surface area contributed by atoms with Crippen LogP contribution in [-0.4, -0.2) is 39.0 Å². The fourth-order valence-corrected chi connectivity index (χ4v) is 2.74. The van der Waals surface area contributed by atoms with Crippen molar-refractivity contribution in [2.75, 3.05) is 18.5 Å². The second-order valence-electron chi connectivity index (χ2n) is 5.59. The second-order valence-corrected chi connectivity index (χ2v) is 5.59. The summed E-state index contributed by atoms with van der Waals surface area (Å²) in [6, 6.07) is 3.40. The van der Waals surface area contributed by atoms with Gasteiger partial charge in [0.25, 0.3) is 0 Å². The van der Waals surface area contributed by atoms with Crippen LogP contribution in [0.2, 0.25) is 0 Å². The maximum absolute atomic E-state index is 12.3. The number of pyridine rings is 1. The van der Waals surface area contributed by atoms with Crippen LogP contribution in [-0.2, 0) is 11.8 Å². The lowest BCUT2D eigenvalue weighted by atomic mass is 10.1. The van der Waals surface area contributed by atoms with Crippen LogP contribution in [0.25, 0.3) is 11.0 Å². The third-order valence-corrected chi connectivity index (χ3v) is 3.87. The number of anilines is 1. The van der Waals surface area contributed by atoms with E-state index >= 15 is 0 Å². The van der Waals surface area contributed by atoms with E-state index in [2.05, 4.69) is 15.4 Å². The molecular weight excluding hydrogens is 324 g/mol. The summed E-state index contributed by atoms with van der Waals surface area (Å²) in [4.78, 5) is 16.6. The zero-order valence-electron chi connectivity index (χ0n) is 14.3. The predicted molar refractivity (Wildman–Crippen MR) is 91.4 cm³/mol. The minimum Gasteiger partial charge on any atom is -0.467 e. The highest BCUT2D eigenvalue weighted by molar-refractivity contribution is 6.05. The van der Waals surface area contributed by atoms with E-state index in [1.165, 1.54) is 12.5 Å². The largest absolute Gasteiger partial charge is 0.467 e. The Labute approximate surface area is 144 Å². The Morgan fingerprint density at radius 3 is 3.00 bits per heavy atom. The van der Waals surface area contributed by atoms with E-state index in [1.807, 2.05) is 6.92 Å². The summed E-state index contributed by atoms with van der Waals surface area (Å²) in [5.74, 6) is -0.0338. The minimum atomic E-state index is -0.856. The van der Waals surface area contributed by atoms with Crippen LogP contribution in [0.3, 0.4) is 0 Å². The maximum Gasteiger partial charge on any atom is 0.341 e. The summed E-state index contributed by atoms with van der Waals surface area (Å²) in [6.07, 6.45) is 2.10. The number of nitrogens with one attached hydrogen (secondary N) is 1. The van der Waals surface area contributed by atoms with Gasteiger partial charge in [0, 0.05) is 19.8 Å². The number of carbonyl (C=O) groups excluding carboxylic acids is 1. The quantitative estimate of drug-likeness (QED) is 0.661. The Balaban J connectivity index is 2.00. The molecule has 0 radical (unpaired) electrons. The summed E-state index contributed by atoms with van der Waals surface area (Å²) >= 11 is 0. The first-order valence-electron chi connectivity index (χ1n) is 7.97. The molecule has 3 aromatic rings. The monoisotopic (exact) mass is 344 g/mol. The van der Waals surface area contributed by atoms with E-state index in [4.69, 9.17) is 9.15 Å². The number of carbonyl (C=O) groups is 1. The van der Waals surface area contributed by atoms with E-state index in [0.29, 0.717) is 22.7 Å². The van der Waals surface area contributed by atoms with Crippen molar-refractivity contribution in [2.45, 2.75) is 20.0 Å². The molecule has 0 aliphatic rings. The number of furan rings is 1. The van der Waals surface area contributed by atoms with E-state index in [-0.39, 0.29) is 13.2 Å². The van der Waals surface area contributed by atoms with Gasteiger partial charge in [-0.3, -0.25) is 4.68 Å². The molecule has 25 heavy (non-hydrogen) atoms. The highest BCUT2D eigenvalue weighted by Crippen LogP contribution is 2.29. The van der Waals surface area contributed by atoms with Gasteiger partial charge in [-0.25, -0.2) is 9.78 Å². The number of ether oxygens (including phenoxy) is 1. The van der Waals surface area contributed by atoms with Crippen molar-refractivity contribution in [3.8, 4) is 0 Å². The normalized spacial score (nSPS) is 12.3. The number of hydrogen-bond donors (Lipinski definition) is 2. The molecule has 0 aliphatic heterocycles. The fourth-order valence-electron chi connectivity index (χ4n) is 2.74. The standard InChI is InChI=1S/C17H20N4O4/c1-4-24-17(23)11-8-19-16-14(10(2)20-21(16)3)15(11)18-9-12(22)13-6-5-7-25-13/h5-8,12,22H,4,9H2,1-3H3,(H,18,19). The van der Waals surface area contributed by atoms with E-state index in [0.717, 1.165) is 11.1 Å². The Bertz CT molecular complexity index is 886. The van der Waals surface area contributed by atoms with Gasteiger partial charge >= 0.3 is 5.97 Å². The number of esters is 1. The molecule has 1 unspecified atom stereocenters. The number of rotatable bonds is 6. The third-order valence-electron chi connectivity index (χ3n) is 3.87. The van der Waals surface area contributed by atoms with Crippen LogP contribution in [0.1, 0.15) is 34.8 Å².